The van der Waals surface area contributed by atoms with Crippen molar-refractivity contribution in [2.45, 2.75) is 18.9 Å². The molecular weight excluding hydrogens is 333 g/mol. The summed E-state index contributed by atoms with van der Waals surface area (Å²) in [6, 6.07) is 8.70. The molecule has 0 radical (unpaired) electrons. The zero-order valence-corrected chi connectivity index (χ0v) is 14.8. The standard InChI is InChI=1S/C19H20FN5O/c1-23(2)19(26)15-12-21-25-10-8-17(22-18(15)25)24-9-4-7-16(24)13-5-3-6-14(20)11-13/h3,5-6,8,10-12,16H,4,7,9H2,1-2H3. The Morgan fingerprint density at radius 1 is 1.31 bits per heavy atom. The van der Waals surface area contributed by atoms with E-state index in [1.165, 1.54) is 11.0 Å². The molecule has 0 N–H and O–H groups in total. The number of anilines is 1. The molecule has 3 heterocycles. The van der Waals surface area contributed by atoms with Crippen molar-refractivity contribution in [3.05, 3.63) is 59.7 Å². The second kappa shape index (κ2) is 6.40. The van der Waals surface area contributed by atoms with Gasteiger partial charge in [-0.2, -0.15) is 5.10 Å². The molecule has 6 nitrogen and oxygen atoms in total. The second-order valence-corrected chi connectivity index (χ2v) is 6.72. The molecular formula is C19H20FN5O. The van der Waals surface area contributed by atoms with Crippen LogP contribution in [0.25, 0.3) is 5.65 Å². The molecule has 1 amide bonds. The Morgan fingerprint density at radius 3 is 2.92 bits per heavy atom. The van der Waals surface area contributed by atoms with E-state index < -0.39 is 0 Å². The first-order chi connectivity index (χ1) is 12.5. The number of benzene rings is 1. The Labute approximate surface area is 150 Å². The zero-order valence-electron chi connectivity index (χ0n) is 14.8. The highest BCUT2D eigenvalue weighted by Crippen LogP contribution is 2.35. The summed E-state index contributed by atoms with van der Waals surface area (Å²) in [5.41, 5.74) is 1.95. The number of halogens is 1. The first-order valence-electron chi connectivity index (χ1n) is 8.63. The molecule has 134 valence electrons. The third-order valence-corrected chi connectivity index (χ3v) is 4.77. The van der Waals surface area contributed by atoms with Gasteiger partial charge in [0.2, 0.25) is 0 Å². The molecule has 0 spiro atoms. The summed E-state index contributed by atoms with van der Waals surface area (Å²) in [6.45, 7) is 0.843. The van der Waals surface area contributed by atoms with E-state index in [9.17, 15) is 9.18 Å². The number of carbonyl (C=O) groups excluding carboxylic acids is 1. The van der Waals surface area contributed by atoms with E-state index in [0.717, 1.165) is 30.8 Å². The fourth-order valence-corrected chi connectivity index (χ4v) is 3.51. The molecule has 0 aliphatic carbocycles. The monoisotopic (exact) mass is 353 g/mol. The van der Waals surface area contributed by atoms with E-state index in [0.29, 0.717) is 11.2 Å². The van der Waals surface area contributed by atoms with Gasteiger partial charge in [-0.25, -0.2) is 13.9 Å². The van der Waals surface area contributed by atoms with Gasteiger partial charge >= 0.3 is 0 Å². The van der Waals surface area contributed by atoms with Gasteiger partial charge in [0.05, 0.1) is 12.2 Å². The molecule has 1 atom stereocenters. The van der Waals surface area contributed by atoms with E-state index in [-0.39, 0.29) is 17.8 Å². The maximum Gasteiger partial charge on any atom is 0.258 e. The largest absolute Gasteiger partial charge is 0.349 e. The Morgan fingerprint density at radius 2 is 2.15 bits per heavy atom. The summed E-state index contributed by atoms with van der Waals surface area (Å²) < 4.78 is 15.3. The zero-order chi connectivity index (χ0) is 18.3. The van der Waals surface area contributed by atoms with Crippen molar-refractivity contribution < 1.29 is 9.18 Å². The van der Waals surface area contributed by atoms with Crippen LogP contribution in [-0.2, 0) is 0 Å². The smallest absolute Gasteiger partial charge is 0.258 e. The van der Waals surface area contributed by atoms with Crippen molar-refractivity contribution >= 4 is 17.4 Å². The van der Waals surface area contributed by atoms with Crippen molar-refractivity contribution in [1.82, 2.24) is 19.5 Å². The Balaban J connectivity index is 1.73. The molecule has 7 heteroatoms. The normalized spacial score (nSPS) is 17.0. The molecule has 2 aromatic heterocycles. The lowest BCUT2D eigenvalue weighted by Gasteiger charge is -2.26. The molecule has 1 saturated heterocycles. The van der Waals surface area contributed by atoms with Crippen molar-refractivity contribution in [2.75, 3.05) is 25.5 Å². The highest BCUT2D eigenvalue weighted by atomic mass is 19.1. The third-order valence-electron chi connectivity index (χ3n) is 4.77. The maximum atomic E-state index is 13.6. The first-order valence-corrected chi connectivity index (χ1v) is 8.63. The summed E-state index contributed by atoms with van der Waals surface area (Å²) in [5, 5.41) is 4.22. The van der Waals surface area contributed by atoms with Crippen LogP contribution < -0.4 is 4.90 Å². The lowest BCUT2D eigenvalue weighted by Crippen LogP contribution is -2.24. The average Bonchev–Trinajstić information content (AvgIpc) is 3.27. The molecule has 1 aromatic carbocycles. The Hall–Kier alpha value is -2.96. The minimum atomic E-state index is -0.229. The number of hydrogen-bond donors (Lipinski definition) is 0. The van der Waals surface area contributed by atoms with Gasteiger partial charge in [0, 0.05) is 26.8 Å². The number of aromatic nitrogens is 3. The highest BCUT2D eigenvalue weighted by molar-refractivity contribution is 5.99. The van der Waals surface area contributed by atoms with E-state index in [1.54, 1.807) is 36.9 Å². The molecule has 3 aromatic rings. The van der Waals surface area contributed by atoms with Gasteiger partial charge in [0.1, 0.15) is 17.2 Å². The van der Waals surface area contributed by atoms with Gasteiger partial charge in [0.25, 0.3) is 5.91 Å². The van der Waals surface area contributed by atoms with Gasteiger partial charge < -0.3 is 9.80 Å². The van der Waals surface area contributed by atoms with Crippen LogP contribution in [0.5, 0.6) is 0 Å². The van der Waals surface area contributed by atoms with Crippen molar-refractivity contribution in [3.63, 3.8) is 0 Å². The molecule has 4 rings (SSSR count). The summed E-state index contributed by atoms with van der Waals surface area (Å²) in [6.07, 6.45) is 5.31. The van der Waals surface area contributed by atoms with Crippen LogP contribution in [0.2, 0.25) is 0 Å². The number of rotatable bonds is 3. The average molecular weight is 353 g/mol. The van der Waals surface area contributed by atoms with Crippen molar-refractivity contribution in [2.24, 2.45) is 0 Å². The van der Waals surface area contributed by atoms with Gasteiger partial charge in [0.15, 0.2) is 5.65 Å². The van der Waals surface area contributed by atoms with E-state index in [2.05, 4.69) is 10.00 Å². The van der Waals surface area contributed by atoms with E-state index in [1.807, 2.05) is 18.3 Å². The molecule has 1 unspecified atom stereocenters. The predicted octanol–water partition coefficient (Wildman–Crippen LogP) is 2.91. The summed E-state index contributed by atoms with van der Waals surface area (Å²) in [4.78, 5) is 20.7. The number of nitrogens with zero attached hydrogens (tertiary/aromatic N) is 5. The van der Waals surface area contributed by atoms with Crippen molar-refractivity contribution in [3.8, 4) is 0 Å². The van der Waals surface area contributed by atoms with Crippen LogP contribution in [0, 0.1) is 5.82 Å². The summed E-state index contributed by atoms with van der Waals surface area (Å²) in [7, 11) is 3.41. The minimum absolute atomic E-state index is 0.0802. The fraction of sp³-hybridized carbons (Fsp3) is 0.316. The summed E-state index contributed by atoms with van der Waals surface area (Å²) in [5.74, 6) is 0.415. The quantitative estimate of drug-likeness (QED) is 0.727. The van der Waals surface area contributed by atoms with Gasteiger partial charge in [-0.3, -0.25) is 4.79 Å². The Kier molecular flexibility index (Phi) is 4.06. The van der Waals surface area contributed by atoms with Crippen LogP contribution in [0.15, 0.2) is 42.7 Å². The molecule has 0 bridgehead atoms. The third kappa shape index (κ3) is 2.79. The Bertz CT molecular complexity index is 967. The van der Waals surface area contributed by atoms with Crippen molar-refractivity contribution in [1.29, 1.82) is 0 Å². The SMILES string of the molecule is CN(C)C(=O)c1cnn2ccc(N3CCCC3c3cccc(F)c3)nc12. The lowest BCUT2D eigenvalue weighted by atomic mass is 10.0. The number of carbonyl (C=O) groups is 1. The van der Waals surface area contributed by atoms with E-state index >= 15 is 0 Å². The molecule has 26 heavy (non-hydrogen) atoms. The molecule has 0 saturated carbocycles. The van der Waals surface area contributed by atoms with Crippen LogP contribution >= 0.6 is 0 Å². The topological polar surface area (TPSA) is 53.7 Å². The van der Waals surface area contributed by atoms with Gasteiger partial charge in [-0.1, -0.05) is 12.1 Å². The number of fused-ring (bicyclic) bond motifs is 1. The second-order valence-electron chi connectivity index (χ2n) is 6.72. The van der Waals surface area contributed by atoms with Gasteiger partial charge in [-0.05, 0) is 36.6 Å². The van der Waals surface area contributed by atoms with Crippen LogP contribution in [0.3, 0.4) is 0 Å². The van der Waals surface area contributed by atoms with Crippen LogP contribution in [0.1, 0.15) is 34.8 Å². The molecule has 1 fully saturated rings. The number of hydrogen-bond acceptors (Lipinski definition) is 4. The number of amides is 1. The first kappa shape index (κ1) is 16.5. The molecule has 1 aliphatic heterocycles. The van der Waals surface area contributed by atoms with Gasteiger partial charge in [-0.15, -0.1) is 0 Å². The fourth-order valence-electron chi connectivity index (χ4n) is 3.51. The van der Waals surface area contributed by atoms with E-state index in [4.69, 9.17) is 4.98 Å². The van der Waals surface area contributed by atoms with Crippen LogP contribution in [0.4, 0.5) is 10.2 Å². The lowest BCUT2D eigenvalue weighted by molar-refractivity contribution is 0.0829. The summed E-state index contributed by atoms with van der Waals surface area (Å²) >= 11 is 0. The molecule has 1 aliphatic rings. The highest BCUT2D eigenvalue weighted by Gasteiger charge is 2.28. The predicted molar refractivity (Wildman–Crippen MR) is 96.7 cm³/mol. The van der Waals surface area contributed by atoms with Crippen LogP contribution in [-0.4, -0.2) is 46.0 Å². The maximum absolute atomic E-state index is 13.6. The minimum Gasteiger partial charge on any atom is -0.349 e.